The van der Waals surface area contributed by atoms with E-state index in [1.54, 1.807) is 17.5 Å². The van der Waals surface area contributed by atoms with E-state index < -0.39 is 0 Å². The summed E-state index contributed by atoms with van der Waals surface area (Å²) in [6.45, 7) is 0. The van der Waals surface area contributed by atoms with E-state index in [1.807, 2.05) is 0 Å². The van der Waals surface area contributed by atoms with Crippen LogP contribution in [0.5, 0.6) is 0 Å². The van der Waals surface area contributed by atoms with Crippen LogP contribution in [0.3, 0.4) is 0 Å². The molecule has 4 heteroatoms. The highest BCUT2D eigenvalue weighted by atomic mass is 35.5. The molecule has 0 aromatic carbocycles. The Morgan fingerprint density at radius 3 is 3.00 bits per heavy atom. The number of nitrogens with zero attached hydrogens (tertiary/aromatic N) is 1. The molecule has 0 amide bonds. The largest absolute Gasteiger partial charge is 0.292 e. The molecule has 0 saturated heterocycles. The summed E-state index contributed by atoms with van der Waals surface area (Å²) in [6, 6.07) is 3.43. The van der Waals surface area contributed by atoms with E-state index >= 15 is 0 Å². The van der Waals surface area contributed by atoms with Gasteiger partial charge in [-0.05, 0) is 11.4 Å². The van der Waals surface area contributed by atoms with Gasteiger partial charge in [-0.3, -0.25) is 4.79 Å². The Balaban J connectivity index is 2.86. The number of hydrogen-bond donors (Lipinski definition) is 0. The van der Waals surface area contributed by atoms with Crippen molar-refractivity contribution in [3.63, 3.8) is 0 Å². The van der Waals surface area contributed by atoms with Crippen LogP contribution in [0.1, 0.15) is 16.1 Å². The molecule has 0 fully saturated rings. The molecule has 0 spiro atoms. The van der Waals surface area contributed by atoms with Gasteiger partial charge in [0.15, 0.2) is 5.78 Å². The number of carbonyl (C=O) groups excluding carboxylic acids is 1. The van der Waals surface area contributed by atoms with Gasteiger partial charge in [0.05, 0.1) is 22.4 Å². The van der Waals surface area contributed by atoms with Crippen molar-refractivity contribution in [1.29, 1.82) is 5.26 Å². The molecule has 0 atom stereocenters. The molecule has 0 aliphatic rings. The van der Waals surface area contributed by atoms with Gasteiger partial charge in [0.1, 0.15) is 0 Å². The molecule has 0 bridgehead atoms. The summed E-state index contributed by atoms with van der Waals surface area (Å²) in [5.41, 5.74) is 0. The molecule has 0 unspecified atom stereocenters. The van der Waals surface area contributed by atoms with Crippen LogP contribution in [0.2, 0.25) is 5.02 Å². The van der Waals surface area contributed by atoms with Crippen LogP contribution in [0, 0.1) is 11.3 Å². The van der Waals surface area contributed by atoms with Gasteiger partial charge in [0.25, 0.3) is 0 Å². The van der Waals surface area contributed by atoms with Gasteiger partial charge < -0.3 is 0 Å². The SMILES string of the molecule is N#CCC(=O)c1sccc1Cl. The fraction of sp³-hybridized carbons (Fsp3) is 0.143. The van der Waals surface area contributed by atoms with Crippen molar-refractivity contribution in [2.24, 2.45) is 0 Å². The molecular weight excluding hydrogens is 182 g/mol. The zero-order chi connectivity index (χ0) is 8.27. The summed E-state index contributed by atoms with van der Waals surface area (Å²) < 4.78 is 0. The smallest absolute Gasteiger partial charge is 0.188 e. The average molecular weight is 186 g/mol. The van der Waals surface area contributed by atoms with Crippen LogP contribution in [0.4, 0.5) is 0 Å². The number of ketones is 1. The van der Waals surface area contributed by atoms with Crippen molar-refractivity contribution in [3.05, 3.63) is 21.3 Å². The van der Waals surface area contributed by atoms with Crippen molar-refractivity contribution < 1.29 is 4.79 Å². The summed E-state index contributed by atoms with van der Waals surface area (Å²) in [6.07, 6.45) is -0.0970. The fourth-order valence-electron chi connectivity index (χ4n) is 0.645. The lowest BCUT2D eigenvalue weighted by Crippen LogP contribution is -1.93. The maximum atomic E-state index is 11.0. The Morgan fingerprint density at radius 2 is 2.55 bits per heavy atom. The number of nitriles is 1. The number of halogens is 1. The fourth-order valence-corrected chi connectivity index (χ4v) is 1.75. The van der Waals surface area contributed by atoms with E-state index in [9.17, 15) is 4.79 Å². The van der Waals surface area contributed by atoms with E-state index in [1.165, 1.54) is 11.3 Å². The highest BCUT2D eigenvalue weighted by molar-refractivity contribution is 7.12. The third-order valence-electron chi connectivity index (χ3n) is 1.11. The van der Waals surface area contributed by atoms with Gasteiger partial charge in [-0.25, -0.2) is 0 Å². The third kappa shape index (κ3) is 1.79. The zero-order valence-corrected chi connectivity index (χ0v) is 7.08. The van der Waals surface area contributed by atoms with Crippen molar-refractivity contribution in [2.45, 2.75) is 6.42 Å². The lowest BCUT2D eigenvalue weighted by molar-refractivity contribution is 0.100. The van der Waals surface area contributed by atoms with Crippen LogP contribution >= 0.6 is 22.9 Å². The summed E-state index contributed by atoms with van der Waals surface area (Å²) >= 11 is 6.92. The Hall–Kier alpha value is -0.850. The third-order valence-corrected chi connectivity index (χ3v) is 2.49. The van der Waals surface area contributed by atoms with E-state index in [0.29, 0.717) is 9.90 Å². The normalized spacial score (nSPS) is 9.09. The average Bonchev–Trinajstić information content (AvgIpc) is 2.36. The minimum atomic E-state index is -0.201. The molecular formula is C7H4ClNOS. The number of Topliss-reactive ketones (excluding diaryl/α,β-unsaturated/α-hetero) is 1. The number of rotatable bonds is 2. The van der Waals surface area contributed by atoms with Gasteiger partial charge in [-0.15, -0.1) is 11.3 Å². The van der Waals surface area contributed by atoms with E-state index in [-0.39, 0.29) is 12.2 Å². The lowest BCUT2D eigenvalue weighted by Gasteiger charge is -1.89. The first-order valence-electron chi connectivity index (χ1n) is 2.89. The predicted molar refractivity (Wildman–Crippen MR) is 43.9 cm³/mol. The van der Waals surface area contributed by atoms with Gasteiger partial charge in [0, 0.05) is 0 Å². The molecule has 1 rings (SSSR count). The monoisotopic (exact) mass is 185 g/mol. The molecule has 11 heavy (non-hydrogen) atoms. The second-order valence-electron chi connectivity index (χ2n) is 1.86. The van der Waals surface area contributed by atoms with E-state index in [0.717, 1.165) is 0 Å². The highest BCUT2D eigenvalue weighted by Crippen LogP contribution is 2.22. The molecule has 0 saturated carbocycles. The van der Waals surface area contributed by atoms with Gasteiger partial charge in [0.2, 0.25) is 0 Å². The van der Waals surface area contributed by atoms with Gasteiger partial charge in [-0.1, -0.05) is 11.6 Å². The molecule has 1 heterocycles. The van der Waals surface area contributed by atoms with Crippen molar-refractivity contribution in [3.8, 4) is 6.07 Å². The van der Waals surface area contributed by atoms with Crippen molar-refractivity contribution in [2.75, 3.05) is 0 Å². The molecule has 1 aromatic heterocycles. The van der Waals surface area contributed by atoms with Crippen molar-refractivity contribution >= 4 is 28.7 Å². The Labute approximate surface area is 73.0 Å². The second kappa shape index (κ2) is 3.51. The van der Waals surface area contributed by atoms with Crippen LogP contribution in [0.25, 0.3) is 0 Å². The van der Waals surface area contributed by atoms with E-state index in [2.05, 4.69) is 0 Å². The summed E-state index contributed by atoms with van der Waals surface area (Å²) in [5, 5.41) is 10.4. The Bertz CT molecular complexity index is 312. The molecule has 1 aromatic rings. The van der Waals surface area contributed by atoms with Crippen LogP contribution in [-0.2, 0) is 0 Å². The summed E-state index contributed by atoms with van der Waals surface area (Å²) in [5.74, 6) is -0.201. The maximum absolute atomic E-state index is 11.0. The zero-order valence-electron chi connectivity index (χ0n) is 5.50. The topological polar surface area (TPSA) is 40.9 Å². The van der Waals surface area contributed by atoms with E-state index in [4.69, 9.17) is 16.9 Å². The maximum Gasteiger partial charge on any atom is 0.188 e. The summed E-state index contributed by atoms with van der Waals surface area (Å²) in [7, 11) is 0. The first-order chi connectivity index (χ1) is 5.25. The summed E-state index contributed by atoms with van der Waals surface area (Å²) in [4.78, 5) is 11.5. The minimum absolute atomic E-state index is 0.0970. The Kier molecular flexibility index (Phi) is 2.64. The van der Waals surface area contributed by atoms with Crippen LogP contribution in [0.15, 0.2) is 11.4 Å². The molecule has 0 aliphatic heterocycles. The number of thiophene rings is 1. The first kappa shape index (κ1) is 8.25. The first-order valence-corrected chi connectivity index (χ1v) is 4.14. The number of carbonyl (C=O) groups is 1. The van der Waals surface area contributed by atoms with Gasteiger partial charge >= 0.3 is 0 Å². The predicted octanol–water partition coefficient (Wildman–Crippen LogP) is 2.50. The van der Waals surface area contributed by atoms with Crippen molar-refractivity contribution in [1.82, 2.24) is 0 Å². The standard InChI is InChI=1S/C7H4ClNOS/c8-5-2-4-11-7(5)6(10)1-3-9/h2,4H,1H2. The second-order valence-corrected chi connectivity index (χ2v) is 3.18. The molecule has 0 aliphatic carbocycles. The highest BCUT2D eigenvalue weighted by Gasteiger charge is 2.10. The quantitative estimate of drug-likeness (QED) is 0.665. The molecule has 2 nitrogen and oxygen atoms in total. The minimum Gasteiger partial charge on any atom is -0.292 e. The van der Waals surface area contributed by atoms with Crippen LogP contribution < -0.4 is 0 Å². The molecule has 56 valence electrons. The molecule has 0 radical (unpaired) electrons. The van der Waals surface area contributed by atoms with Crippen LogP contribution in [-0.4, -0.2) is 5.78 Å². The lowest BCUT2D eigenvalue weighted by atomic mass is 10.2. The van der Waals surface area contributed by atoms with Gasteiger partial charge in [-0.2, -0.15) is 5.26 Å². The number of hydrogen-bond acceptors (Lipinski definition) is 3. The Morgan fingerprint density at radius 1 is 1.82 bits per heavy atom. The molecule has 0 N–H and O–H groups in total.